The predicted octanol–water partition coefficient (Wildman–Crippen LogP) is 2.10. The van der Waals surface area contributed by atoms with Gasteiger partial charge in [-0.1, -0.05) is 23.2 Å². The molecule has 1 fully saturated rings. The molecule has 3 nitrogen and oxygen atoms in total. The fourth-order valence-corrected chi connectivity index (χ4v) is 2.45. The van der Waals surface area contributed by atoms with E-state index in [9.17, 15) is 5.11 Å². The topological polar surface area (TPSA) is 58.3 Å². The highest BCUT2D eigenvalue weighted by Crippen LogP contribution is 2.37. The van der Waals surface area contributed by atoms with Crippen LogP contribution in [0, 0.1) is 0 Å². The summed E-state index contributed by atoms with van der Waals surface area (Å²) in [6.07, 6.45) is 0.896. The molecule has 0 aromatic heterocycles. The summed E-state index contributed by atoms with van der Waals surface area (Å²) in [4.78, 5) is 0. The van der Waals surface area contributed by atoms with Crippen molar-refractivity contribution in [2.24, 2.45) is 5.73 Å². The zero-order valence-electron chi connectivity index (χ0n) is 8.71. The average Bonchev–Trinajstić information content (AvgIpc) is 2.25. The van der Waals surface area contributed by atoms with Gasteiger partial charge in [0.1, 0.15) is 5.75 Å². The third-order valence-electron chi connectivity index (χ3n) is 3.00. The number of nitrogens with two attached hydrogens (primary N) is 1. The summed E-state index contributed by atoms with van der Waals surface area (Å²) in [6.45, 7) is 1.66. The minimum Gasteiger partial charge on any atom is -0.508 e. The second-order valence-corrected chi connectivity index (χ2v) is 4.90. The van der Waals surface area contributed by atoms with Crippen molar-refractivity contribution in [3.05, 3.63) is 27.7 Å². The molecule has 2 rings (SSSR count). The van der Waals surface area contributed by atoms with Gasteiger partial charge < -0.3 is 16.2 Å². The Hall–Kier alpha value is -0.480. The molecule has 88 valence electrons. The van der Waals surface area contributed by atoms with Crippen LogP contribution in [0.4, 0.5) is 0 Å². The molecule has 0 saturated carbocycles. The van der Waals surface area contributed by atoms with Crippen LogP contribution in [0.2, 0.25) is 10.0 Å². The van der Waals surface area contributed by atoms with Crippen LogP contribution in [0.3, 0.4) is 0 Å². The Balaban J connectivity index is 2.35. The third-order valence-corrected chi connectivity index (χ3v) is 3.72. The zero-order valence-corrected chi connectivity index (χ0v) is 10.2. The monoisotopic (exact) mass is 260 g/mol. The van der Waals surface area contributed by atoms with Gasteiger partial charge in [0.2, 0.25) is 0 Å². The molecule has 0 radical (unpaired) electrons. The number of halogens is 2. The van der Waals surface area contributed by atoms with E-state index in [-0.39, 0.29) is 17.7 Å². The standard InChI is InChI=1S/C11H14Cl2N2O/c12-8-3-7(11(16)4-9(8)13)6-1-2-15-5-10(6)14/h3-4,6,10,15-16H,1-2,5,14H2/t6-,10-/m0/s1. The largest absolute Gasteiger partial charge is 0.508 e. The first-order valence-corrected chi connectivity index (χ1v) is 5.99. The summed E-state index contributed by atoms with van der Waals surface area (Å²) in [5.41, 5.74) is 6.81. The average molecular weight is 261 g/mol. The van der Waals surface area contributed by atoms with Crippen molar-refractivity contribution in [3.8, 4) is 5.75 Å². The van der Waals surface area contributed by atoms with Crippen molar-refractivity contribution in [2.75, 3.05) is 13.1 Å². The highest BCUT2D eigenvalue weighted by molar-refractivity contribution is 6.42. The van der Waals surface area contributed by atoms with Crippen LogP contribution in [0.5, 0.6) is 5.75 Å². The Morgan fingerprint density at radius 1 is 1.31 bits per heavy atom. The molecule has 0 aliphatic carbocycles. The van der Waals surface area contributed by atoms with E-state index in [0.717, 1.165) is 25.1 Å². The molecular formula is C11H14Cl2N2O. The van der Waals surface area contributed by atoms with Crippen molar-refractivity contribution in [2.45, 2.75) is 18.4 Å². The summed E-state index contributed by atoms with van der Waals surface area (Å²) in [5, 5.41) is 13.9. The molecule has 2 atom stereocenters. The summed E-state index contributed by atoms with van der Waals surface area (Å²) >= 11 is 11.8. The maximum absolute atomic E-state index is 9.87. The molecular weight excluding hydrogens is 247 g/mol. The number of nitrogens with one attached hydrogen (secondary N) is 1. The molecule has 0 bridgehead atoms. The summed E-state index contributed by atoms with van der Waals surface area (Å²) in [6, 6.07) is 3.19. The van der Waals surface area contributed by atoms with Crippen LogP contribution in [-0.2, 0) is 0 Å². The predicted molar refractivity (Wildman–Crippen MR) is 66.3 cm³/mol. The lowest BCUT2D eigenvalue weighted by Gasteiger charge is -2.30. The Kier molecular flexibility index (Phi) is 3.60. The summed E-state index contributed by atoms with van der Waals surface area (Å²) in [5.74, 6) is 0.313. The Bertz CT molecular complexity index is 398. The molecule has 0 spiro atoms. The van der Waals surface area contributed by atoms with E-state index in [4.69, 9.17) is 28.9 Å². The Morgan fingerprint density at radius 2 is 2.00 bits per heavy atom. The molecule has 1 aromatic rings. The van der Waals surface area contributed by atoms with Gasteiger partial charge in [0.05, 0.1) is 10.0 Å². The van der Waals surface area contributed by atoms with Crippen molar-refractivity contribution in [3.63, 3.8) is 0 Å². The summed E-state index contributed by atoms with van der Waals surface area (Å²) in [7, 11) is 0. The minimum absolute atomic E-state index is 0.00288. The van der Waals surface area contributed by atoms with E-state index in [1.165, 1.54) is 6.07 Å². The van der Waals surface area contributed by atoms with Gasteiger partial charge in [-0.05, 0) is 19.0 Å². The number of hydrogen-bond acceptors (Lipinski definition) is 3. The van der Waals surface area contributed by atoms with Gasteiger partial charge in [-0.2, -0.15) is 0 Å². The van der Waals surface area contributed by atoms with Crippen LogP contribution < -0.4 is 11.1 Å². The number of piperidine rings is 1. The SMILES string of the molecule is N[C@H]1CNCC[C@H]1c1cc(Cl)c(Cl)cc1O. The van der Waals surface area contributed by atoms with Gasteiger partial charge in [0.15, 0.2) is 0 Å². The number of benzene rings is 1. The van der Waals surface area contributed by atoms with E-state index in [1.54, 1.807) is 6.07 Å². The van der Waals surface area contributed by atoms with E-state index in [1.807, 2.05) is 0 Å². The zero-order chi connectivity index (χ0) is 11.7. The molecule has 0 amide bonds. The highest BCUT2D eigenvalue weighted by atomic mass is 35.5. The minimum atomic E-state index is -0.00288. The number of aromatic hydroxyl groups is 1. The quantitative estimate of drug-likeness (QED) is 0.725. The first kappa shape index (κ1) is 12.0. The lowest BCUT2D eigenvalue weighted by molar-refractivity contribution is 0.385. The summed E-state index contributed by atoms with van der Waals surface area (Å²) < 4.78 is 0. The second kappa shape index (κ2) is 4.80. The third kappa shape index (κ3) is 2.28. The van der Waals surface area contributed by atoms with Gasteiger partial charge in [-0.3, -0.25) is 0 Å². The number of hydrogen-bond donors (Lipinski definition) is 3. The molecule has 1 aliphatic heterocycles. The van der Waals surface area contributed by atoms with E-state index < -0.39 is 0 Å². The fourth-order valence-electron chi connectivity index (χ4n) is 2.12. The molecule has 0 unspecified atom stereocenters. The van der Waals surface area contributed by atoms with Crippen molar-refractivity contribution in [1.82, 2.24) is 5.32 Å². The first-order chi connectivity index (χ1) is 7.59. The smallest absolute Gasteiger partial charge is 0.120 e. The Labute approximate surface area is 105 Å². The Morgan fingerprint density at radius 3 is 2.69 bits per heavy atom. The number of phenols is 1. The lowest BCUT2D eigenvalue weighted by atomic mass is 9.86. The van der Waals surface area contributed by atoms with Crippen molar-refractivity contribution >= 4 is 23.2 Å². The molecule has 4 N–H and O–H groups in total. The van der Waals surface area contributed by atoms with Crippen molar-refractivity contribution in [1.29, 1.82) is 0 Å². The maximum atomic E-state index is 9.87. The van der Waals surface area contributed by atoms with E-state index in [2.05, 4.69) is 5.32 Å². The number of phenolic OH excluding ortho intramolecular Hbond substituents is 1. The fraction of sp³-hybridized carbons (Fsp3) is 0.455. The van der Waals surface area contributed by atoms with Gasteiger partial charge >= 0.3 is 0 Å². The van der Waals surface area contributed by atoms with Crippen LogP contribution in [0.1, 0.15) is 17.9 Å². The first-order valence-electron chi connectivity index (χ1n) is 5.24. The normalized spacial score (nSPS) is 25.7. The van der Waals surface area contributed by atoms with E-state index >= 15 is 0 Å². The number of rotatable bonds is 1. The van der Waals surface area contributed by atoms with Crippen LogP contribution >= 0.6 is 23.2 Å². The second-order valence-electron chi connectivity index (χ2n) is 4.09. The van der Waals surface area contributed by atoms with Gasteiger partial charge in [0.25, 0.3) is 0 Å². The molecule has 1 heterocycles. The molecule has 1 aliphatic rings. The van der Waals surface area contributed by atoms with Crippen LogP contribution in [-0.4, -0.2) is 24.2 Å². The molecule has 5 heteroatoms. The van der Waals surface area contributed by atoms with Gasteiger partial charge in [-0.15, -0.1) is 0 Å². The molecule has 16 heavy (non-hydrogen) atoms. The lowest BCUT2D eigenvalue weighted by Crippen LogP contribution is -2.44. The van der Waals surface area contributed by atoms with Crippen LogP contribution in [0.15, 0.2) is 12.1 Å². The van der Waals surface area contributed by atoms with E-state index in [0.29, 0.717) is 10.0 Å². The highest BCUT2D eigenvalue weighted by Gasteiger charge is 2.26. The van der Waals surface area contributed by atoms with Crippen LogP contribution in [0.25, 0.3) is 0 Å². The maximum Gasteiger partial charge on any atom is 0.120 e. The van der Waals surface area contributed by atoms with Crippen molar-refractivity contribution < 1.29 is 5.11 Å². The van der Waals surface area contributed by atoms with Gasteiger partial charge in [0, 0.05) is 30.1 Å². The van der Waals surface area contributed by atoms with Gasteiger partial charge in [-0.25, -0.2) is 0 Å². The molecule has 1 aromatic carbocycles. The molecule has 1 saturated heterocycles.